The van der Waals surface area contributed by atoms with Crippen molar-refractivity contribution in [2.75, 3.05) is 12.3 Å². The lowest BCUT2D eigenvalue weighted by Crippen LogP contribution is -2.24. The summed E-state index contributed by atoms with van der Waals surface area (Å²) in [4.78, 5) is 0. The van der Waals surface area contributed by atoms with Crippen molar-refractivity contribution in [1.82, 2.24) is 5.32 Å². The van der Waals surface area contributed by atoms with Gasteiger partial charge in [0.05, 0.1) is 4.21 Å². The van der Waals surface area contributed by atoms with E-state index in [1.54, 1.807) is 0 Å². The monoisotopic (exact) mass is 305 g/mol. The Morgan fingerprint density at radius 3 is 2.75 bits per heavy atom. The van der Waals surface area contributed by atoms with E-state index in [0.717, 1.165) is 12.3 Å². The molecule has 3 heteroatoms. The highest BCUT2D eigenvalue weighted by Crippen LogP contribution is 2.29. The van der Waals surface area contributed by atoms with E-state index in [2.05, 4.69) is 61.8 Å². The van der Waals surface area contributed by atoms with Crippen LogP contribution in [0.2, 0.25) is 0 Å². The molecule has 0 aliphatic carbocycles. The largest absolute Gasteiger partial charge is 0.309 e. The van der Waals surface area contributed by atoms with Gasteiger partial charge >= 0.3 is 0 Å². The predicted octanol–water partition coefficient (Wildman–Crippen LogP) is 5.20. The van der Waals surface area contributed by atoms with Gasteiger partial charge in [0.2, 0.25) is 0 Å². The lowest BCUT2D eigenvalue weighted by atomic mass is 10.00. The molecule has 0 saturated carbocycles. The highest BCUT2D eigenvalue weighted by atomic mass is 32.2. The minimum absolute atomic E-state index is 0.433. The smallest absolute Gasteiger partial charge is 0.0599 e. The van der Waals surface area contributed by atoms with Gasteiger partial charge in [-0.05, 0) is 49.4 Å². The first kappa shape index (κ1) is 15.6. The third-order valence-corrected chi connectivity index (χ3v) is 5.55. The molecule has 1 aromatic carbocycles. The molecule has 0 saturated heterocycles. The summed E-state index contributed by atoms with van der Waals surface area (Å²) in [6.45, 7) is 7.67. The fourth-order valence-electron chi connectivity index (χ4n) is 2.30. The molecular weight excluding hydrogens is 282 g/mol. The number of thioether (sulfide) groups is 1. The fraction of sp³-hybridized carbons (Fsp3) is 0.412. The lowest BCUT2D eigenvalue weighted by Gasteiger charge is -2.20. The van der Waals surface area contributed by atoms with Gasteiger partial charge in [-0.25, -0.2) is 0 Å². The fourth-order valence-corrected chi connectivity index (χ4v) is 4.20. The second-order valence-corrected chi connectivity index (χ2v) is 7.38. The quantitative estimate of drug-likeness (QED) is 0.706. The standard InChI is InChI=1S/C17H23NS2/c1-4-9-18-16(12-20-17-6-5-10-19-17)15-8-7-13(2)11-14(15)3/h5-8,10-11,16,18H,4,9,12H2,1-3H3. The summed E-state index contributed by atoms with van der Waals surface area (Å²) in [6.07, 6.45) is 1.17. The molecule has 0 aliphatic rings. The molecule has 1 nitrogen and oxygen atoms in total. The van der Waals surface area contributed by atoms with Crippen molar-refractivity contribution in [2.45, 2.75) is 37.4 Å². The highest BCUT2D eigenvalue weighted by Gasteiger charge is 2.13. The molecule has 1 unspecified atom stereocenters. The molecule has 1 aromatic heterocycles. The Labute approximate surface area is 130 Å². The molecule has 1 N–H and O–H groups in total. The Morgan fingerprint density at radius 1 is 1.25 bits per heavy atom. The lowest BCUT2D eigenvalue weighted by molar-refractivity contribution is 0.575. The van der Waals surface area contributed by atoms with E-state index >= 15 is 0 Å². The minimum atomic E-state index is 0.433. The van der Waals surface area contributed by atoms with Gasteiger partial charge in [-0.3, -0.25) is 0 Å². The first-order chi connectivity index (χ1) is 9.70. The maximum atomic E-state index is 3.69. The van der Waals surface area contributed by atoms with Crippen LogP contribution in [0.1, 0.15) is 36.1 Å². The molecule has 1 atom stereocenters. The number of aryl methyl sites for hydroxylation is 2. The predicted molar refractivity (Wildman–Crippen MR) is 92.0 cm³/mol. The van der Waals surface area contributed by atoms with Crippen LogP contribution in [0, 0.1) is 13.8 Å². The van der Waals surface area contributed by atoms with Gasteiger partial charge in [0.25, 0.3) is 0 Å². The van der Waals surface area contributed by atoms with E-state index in [4.69, 9.17) is 0 Å². The van der Waals surface area contributed by atoms with Gasteiger partial charge < -0.3 is 5.32 Å². The Balaban J connectivity index is 2.09. The molecule has 108 valence electrons. The molecule has 0 aliphatic heterocycles. The van der Waals surface area contributed by atoms with Crippen molar-refractivity contribution in [1.29, 1.82) is 0 Å². The zero-order valence-corrected chi connectivity index (χ0v) is 14.1. The molecular formula is C17H23NS2. The molecule has 0 spiro atoms. The second-order valence-electron chi connectivity index (χ2n) is 5.11. The van der Waals surface area contributed by atoms with Crippen molar-refractivity contribution in [3.8, 4) is 0 Å². The van der Waals surface area contributed by atoms with E-state index < -0.39 is 0 Å². The molecule has 2 rings (SSSR count). The first-order valence-electron chi connectivity index (χ1n) is 7.17. The zero-order valence-electron chi connectivity index (χ0n) is 12.5. The van der Waals surface area contributed by atoms with Gasteiger partial charge in [-0.1, -0.05) is 36.8 Å². The van der Waals surface area contributed by atoms with Crippen LogP contribution in [0.4, 0.5) is 0 Å². The Morgan fingerprint density at radius 2 is 2.10 bits per heavy atom. The summed E-state index contributed by atoms with van der Waals surface area (Å²) in [5.41, 5.74) is 4.17. The van der Waals surface area contributed by atoms with Gasteiger partial charge in [0.15, 0.2) is 0 Å². The molecule has 2 aromatic rings. The summed E-state index contributed by atoms with van der Waals surface area (Å²) in [5, 5.41) is 5.84. The average Bonchev–Trinajstić information content (AvgIpc) is 2.93. The van der Waals surface area contributed by atoms with Crippen molar-refractivity contribution >= 4 is 23.1 Å². The second kappa shape index (κ2) is 7.87. The van der Waals surface area contributed by atoms with E-state index in [0.29, 0.717) is 6.04 Å². The van der Waals surface area contributed by atoms with E-state index in [9.17, 15) is 0 Å². The van der Waals surface area contributed by atoms with Crippen molar-refractivity contribution < 1.29 is 0 Å². The highest BCUT2D eigenvalue weighted by molar-refractivity contribution is 8.01. The third kappa shape index (κ3) is 4.37. The van der Waals surface area contributed by atoms with Crippen LogP contribution in [0.5, 0.6) is 0 Å². The third-order valence-electron chi connectivity index (χ3n) is 3.33. The molecule has 0 amide bonds. The molecule has 0 radical (unpaired) electrons. The van der Waals surface area contributed by atoms with Gasteiger partial charge in [-0.15, -0.1) is 23.1 Å². The average molecular weight is 306 g/mol. The van der Waals surface area contributed by atoms with Crippen LogP contribution < -0.4 is 5.32 Å². The molecule has 0 fully saturated rings. The summed E-state index contributed by atoms with van der Waals surface area (Å²) in [6, 6.07) is 11.5. The van der Waals surface area contributed by atoms with Crippen LogP contribution in [-0.2, 0) is 0 Å². The maximum absolute atomic E-state index is 3.69. The number of thiophene rings is 1. The number of hydrogen-bond acceptors (Lipinski definition) is 3. The SMILES string of the molecule is CCCNC(CSc1cccs1)c1ccc(C)cc1C. The molecule has 20 heavy (non-hydrogen) atoms. The zero-order chi connectivity index (χ0) is 14.4. The van der Waals surface area contributed by atoms with Crippen LogP contribution in [0.3, 0.4) is 0 Å². The molecule has 0 bridgehead atoms. The molecule has 1 heterocycles. The van der Waals surface area contributed by atoms with Crippen LogP contribution in [0.15, 0.2) is 39.9 Å². The van der Waals surface area contributed by atoms with Gasteiger partial charge in [0.1, 0.15) is 0 Å². The Kier molecular flexibility index (Phi) is 6.14. The Bertz CT molecular complexity index is 520. The van der Waals surface area contributed by atoms with Gasteiger partial charge in [0, 0.05) is 11.8 Å². The summed E-state index contributed by atoms with van der Waals surface area (Å²) < 4.78 is 1.40. The minimum Gasteiger partial charge on any atom is -0.309 e. The maximum Gasteiger partial charge on any atom is 0.0599 e. The van der Waals surface area contributed by atoms with Crippen molar-refractivity contribution in [3.05, 3.63) is 52.4 Å². The van der Waals surface area contributed by atoms with Crippen LogP contribution >= 0.6 is 23.1 Å². The van der Waals surface area contributed by atoms with E-state index in [1.807, 2.05) is 23.1 Å². The normalized spacial score (nSPS) is 12.6. The van der Waals surface area contributed by atoms with E-state index in [1.165, 1.54) is 27.3 Å². The van der Waals surface area contributed by atoms with Crippen molar-refractivity contribution in [3.63, 3.8) is 0 Å². The number of nitrogens with one attached hydrogen (secondary N) is 1. The van der Waals surface area contributed by atoms with Crippen LogP contribution in [-0.4, -0.2) is 12.3 Å². The number of benzene rings is 1. The van der Waals surface area contributed by atoms with Gasteiger partial charge in [-0.2, -0.15) is 0 Å². The summed E-state index contributed by atoms with van der Waals surface area (Å²) in [7, 11) is 0. The first-order valence-corrected chi connectivity index (χ1v) is 9.04. The number of hydrogen-bond donors (Lipinski definition) is 1. The summed E-state index contributed by atoms with van der Waals surface area (Å²) in [5.74, 6) is 1.09. The van der Waals surface area contributed by atoms with E-state index in [-0.39, 0.29) is 0 Å². The van der Waals surface area contributed by atoms with Crippen molar-refractivity contribution in [2.24, 2.45) is 0 Å². The Hall–Kier alpha value is -0.770. The summed E-state index contributed by atoms with van der Waals surface area (Å²) >= 11 is 3.78. The topological polar surface area (TPSA) is 12.0 Å². The van der Waals surface area contributed by atoms with Crippen LogP contribution in [0.25, 0.3) is 0 Å². The number of rotatable bonds is 7.